The molecule has 9 nitrogen and oxygen atoms in total. The Morgan fingerprint density at radius 1 is 1.40 bits per heavy atom. The van der Waals surface area contributed by atoms with Crippen molar-refractivity contribution in [1.82, 2.24) is 35.4 Å². The molecule has 2 heterocycles. The van der Waals surface area contributed by atoms with Crippen LogP contribution in [0.1, 0.15) is 16.2 Å². The lowest BCUT2D eigenvalue weighted by molar-refractivity contribution is 0.101. The molecule has 0 atom stereocenters. The van der Waals surface area contributed by atoms with E-state index >= 15 is 0 Å². The Balaban J connectivity index is 1.82. The average molecular weight is 270 g/mol. The second-order valence-corrected chi connectivity index (χ2v) is 4.04. The first-order valence-electron chi connectivity index (χ1n) is 5.75. The van der Waals surface area contributed by atoms with E-state index in [1.165, 1.54) is 12.7 Å². The van der Waals surface area contributed by atoms with E-state index in [9.17, 15) is 4.79 Å². The molecule has 0 fully saturated rings. The van der Waals surface area contributed by atoms with Crippen LogP contribution >= 0.6 is 0 Å². The van der Waals surface area contributed by atoms with Gasteiger partial charge in [0.2, 0.25) is 5.82 Å². The molecule has 0 aliphatic heterocycles. The van der Waals surface area contributed by atoms with Gasteiger partial charge in [0.25, 0.3) is 5.91 Å². The fourth-order valence-electron chi connectivity index (χ4n) is 1.77. The number of H-pyrrole nitrogens is 1. The molecule has 1 amide bonds. The van der Waals surface area contributed by atoms with Gasteiger partial charge in [0.05, 0.1) is 5.69 Å². The third-order valence-electron chi connectivity index (χ3n) is 2.68. The van der Waals surface area contributed by atoms with Gasteiger partial charge >= 0.3 is 0 Å². The van der Waals surface area contributed by atoms with Crippen LogP contribution < -0.4 is 5.32 Å². The molecule has 100 valence electrons. The summed E-state index contributed by atoms with van der Waals surface area (Å²) in [5.41, 5.74) is 2.42. The summed E-state index contributed by atoms with van der Waals surface area (Å²) in [4.78, 5) is 15.6. The normalized spacial score (nSPS) is 10.4. The Kier molecular flexibility index (Phi) is 2.92. The van der Waals surface area contributed by atoms with Crippen molar-refractivity contribution in [2.75, 3.05) is 5.32 Å². The zero-order valence-corrected chi connectivity index (χ0v) is 10.5. The quantitative estimate of drug-likeness (QED) is 0.709. The number of aromatic nitrogens is 7. The number of hydrogen-bond donors (Lipinski definition) is 2. The van der Waals surface area contributed by atoms with Gasteiger partial charge in [-0.15, -0.1) is 5.10 Å². The monoisotopic (exact) mass is 270 g/mol. The lowest BCUT2D eigenvalue weighted by Crippen LogP contribution is -2.14. The number of nitrogens with zero attached hydrogens (tertiary/aromatic N) is 6. The number of benzene rings is 1. The Morgan fingerprint density at radius 3 is 2.95 bits per heavy atom. The van der Waals surface area contributed by atoms with Crippen molar-refractivity contribution in [3.05, 3.63) is 42.2 Å². The van der Waals surface area contributed by atoms with Gasteiger partial charge in [0.1, 0.15) is 12.7 Å². The van der Waals surface area contributed by atoms with Crippen LogP contribution in [0.4, 0.5) is 5.69 Å². The van der Waals surface area contributed by atoms with Crippen LogP contribution in [0.25, 0.3) is 5.69 Å². The summed E-state index contributed by atoms with van der Waals surface area (Å²) in [5.74, 6) is -0.190. The summed E-state index contributed by atoms with van der Waals surface area (Å²) in [6.45, 7) is 1.90. The molecular weight excluding hydrogens is 260 g/mol. The molecule has 0 saturated carbocycles. The van der Waals surface area contributed by atoms with E-state index in [1.54, 1.807) is 10.7 Å². The van der Waals surface area contributed by atoms with Crippen molar-refractivity contribution in [3.63, 3.8) is 0 Å². The number of amides is 1. The number of tetrazole rings is 1. The Labute approximate surface area is 113 Å². The summed E-state index contributed by atoms with van der Waals surface area (Å²) < 4.78 is 1.55. The molecule has 0 spiro atoms. The van der Waals surface area contributed by atoms with Gasteiger partial charge in [-0.2, -0.15) is 5.10 Å². The first-order chi connectivity index (χ1) is 9.74. The van der Waals surface area contributed by atoms with Gasteiger partial charge in [-0.3, -0.25) is 9.89 Å². The average Bonchev–Trinajstić information content (AvgIpc) is 3.12. The second kappa shape index (κ2) is 4.88. The Morgan fingerprint density at radius 2 is 2.30 bits per heavy atom. The van der Waals surface area contributed by atoms with Crippen LogP contribution in [0.15, 0.2) is 30.9 Å². The van der Waals surface area contributed by atoms with Gasteiger partial charge in [-0.05, 0) is 41.1 Å². The number of anilines is 1. The smallest absolute Gasteiger partial charge is 0.292 e. The van der Waals surface area contributed by atoms with Gasteiger partial charge in [-0.25, -0.2) is 9.67 Å². The van der Waals surface area contributed by atoms with Gasteiger partial charge in [-0.1, -0.05) is 0 Å². The molecule has 3 aromatic rings. The Hall–Kier alpha value is -3.10. The number of carbonyl (C=O) groups is 1. The molecular formula is C11H10N8O. The van der Waals surface area contributed by atoms with Crippen LogP contribution in [-0.2, 0) is 0 Å². The predicted molar refractivity (Wildman–Crippen MR) is 68.2 cm³/mol. The van der Waals surface area contributed by atoms with Crippen molar-refractivity contribution in [3.8, 4) is 5.69 Å². The number of aryl methyl sites for hydroxylation is 1. The standard InChI is InChI=1S/C11H10N8O/c1-7-4-8(15-11(20)10-12-5-13-16-10)2-3-9(7)19-6-14-17-18-19/h2-6H,1H3,(H,15,20)(H,12,13,16). The summed E-state index contributed by atoms with van der Waals surface area (Å²) in [6, 6.07) is 5.41. The first kappa shape index (κ1) is 12.0. The van der Waals surface area contributed by atoms with E-state index < -0.39 is 0 Å². The van der Waals surface area contributed by atoms with E-state index in [0.717, 1.165) is 11.3 Å². The fraction of sp³-hybridized carbons (Fsp3) is 0.0909. The largest absolute Gasteiger partial charge is 0.319 e. The van der Waals surface area contributed by atoms with Crippen LogP contribution in [0.2, 0.25) is 0 Å². The van der Waals surface area contributed by atoms with Crippen molar-refractivity contribution < 1.29 is 4.79 Å². The van der Waals surface area contributed by atoms with E-state index in [2.05, 4.69) is 36.0 Å². The molecule has 0 aliphatic rings. The van der Waals surface area contributed by atoms with E-state index in [-0.39, 0.29) is 11.7 Å². The van der Waals surface area contributed by atoms with Crippen molar-refractivity contribution in [2.24, 2.45) is 0 Å². The van der Waals surface area contributed by atoms with Crippen molar-refractivity contribution in [1.29, 1.82) is 0 Å². The molecule has 0 aliphatic carbocycles. The highest BCUT2D eigenvalue weighted by Crippen LogP contribution is 2.18. The highest BCUT2D eigenvalue weighted by Gasteiger charge is 2.10. The fourth-order valence-corrected chi connectivity index (χ4v) is 1.77. The van der Waals surface area contributed by atoms with Crippen LogP contribution in [0.5, 0.6) is 0 Å². The molecule has 0 bridgehead atoms. The minimum Gasteiger partial charge on any atom is -0.319 e. The summed E-state index contributed by atoms with van der Waals surface area (Å²) in [5, 5.41) is 19.9. The van der Waals surface area contributed by atoms with E-state index in [1.807, 2.05) is 19.1 Å². The predicted octanol–water partition coefficient (Wildman–Crippen LogP) is 0.341. The minimum atomic E-state index is -0.350. The highest BCUT2D eigenvalue weighted by atomic mass is 16.2. The maximum absolute atomic E-state index is 11.8. The molecule has 1 aromatic carbocycles. The van der Waals surface area contributed by atoms with Crippen LogP contribution in [-0.4, -0.2) is 41.3 Å². The van der Waals surface area contributed by atoms with Gasteiger partial charge in [0, 0.05) is 5.69 Å². The minimum absolute atomic E-state index is 0.159. The zero-order valence-electron chi connectivity index (χ0n) is 10.5. The third-order valence-corrected chi connectivity index (χ3v) is 2.68. The number of nitrogens with one attached hydrogen (secondary N) is 2. The van der Waals surface area contributed by atoms with Crippen LogP contribution in [0, 0.1) is 6.92 Å². The maximum atomic E-state index is 11.8. The molecule has 3 rings (SSSR count). The molecule has 0 unspecified atom stereocenters. The zero-order chi connectivity index (χ0) is 13.9. The molecule has 2 aromatic heterocycles. The lowest BCUT2D eigenvalue weighted by atomic mass is 10.2. The highest BCUT2D eigenvalue weighted by molar-refractivity contribution is 6.01. The molecule has 2 N–H and O–H groups in total. The van der Waals surface area contributed by atoms with Gasteiger partial charge in [0.15, 0.2) is 0 Å². The summed E-state index contributed by atoms with van der Waals surface area (Å²) in [7, 11) is 0. The maximum Gasteiger partial charge on any atom is 0.292 e. The van der Waals surface area contributed by atoms with Crippen LogP contribution in [0.3, 0.4) is 0 Å². The number of carbonyl (C=O) groups excluding carboxylic acids is 1. The number of rotatable bonds is 3. The van der Waals surface area contributed by atoms with E-state index in [0.29, 0.717) is 5.69 Å². The van der Waals surface area contributed by atoms with Crippen molar-refractivity contribution in [2.45, 2.75) is 6.92 Å². The topological polar surface area (TPSA) is 114 Å². The number of hydrogen-bond acceptors (Lipinski definition) is 6. The molecule has 9 heteroatoms. The summed E-state index contributed by atoms with van der Waals surface area (Å²) >= 11 is 0. The third kappa shape index (κ3) is 2.23. The first-order valence-corrected chi connectivity index (χ1v) is 5.75. The SMILES string of the molecule is Cc1cc(NC(=O)c2ncn[nH]2)ccc1-n1cnnn1. The molecule has 0 saturated heterocycles. The second-order valence-electron chi connectivity index (χ2n) is 4.04. The van der Waals surface area contributed by atoms with E-state index in [4.69, 9.17) is 0 Å². The Bertz CT molecular complexity index is 719. The van der Waals surface area contributed by atoms with Gasteiger partial charge < -0.3 is 5.32 Å². The van der Waals surface area contributed by atoms with Crippen molar-refractivity contribution >= 4 is 11.6 Å². The number of aromatic amines is 1. The lowest BCUT2D eigenvalue weighted by Gasteiger charge is -2.08. The molecule has 0 radical (unpaired) electrons. The summed E-state index contributed by atoms with van der Waals surface area (Å²) in [6.07, 6.45) is 2.79. The molecule has 20 heavy (non-hydrogen) atoms.